The monoisotopic (exact) mass is 330 g/mol. The van der Waals surface area contributed by atoms with E-state index >= 15 is 0 Å². The molecule has 1 saturated carbocycles. The Hall–Kier alpha value is -2.03. The van der Waals surface area contributed by atoms with Gasteiger partial charge in [-0.2, -0.15) is 0 Å². The number of carbonyl (C=O) groups excluding carboxylic acids is 1. The van der Waals surface area contributed by atoms with Gasteiger partial charge in [0.2, 0.25) is 0 Å². The Morgan fingerprint density at radius 1 is 1.21 bits per heavy atom. The van der Waals surface area contributed by atoms with Gasteiger partial charge in [0.25, 0.3) is 0 Å². The quantitative estimate of drug-likeness (QED) is 0.362. The first kappa shape index (κ1) is 18.3. The van der Waals surface area contributed by atoms with Gasteiger partial charge in [0.1, 0.15) is 6.29 Å². The van der Waals surface area contributed by atoms with Crippen LogP contribution in [0.1, 0.15) is 46.1 Å². The number of rotatable bonds is 6. The third-order valence-electron chi connectivity index (χ3n) is 5.04. The molecule has 0 spiro atoms. The van der Waals surface area contributed by atoms with Crippen molar-refractivity contribution in [3.63, 3.8) is 0 Å². The van der Waals surface area contributed by atoms with E-state index in [1.807, 2.05) is 20.8 Å². The van der Waals surface area contributed by atoms with Crippen LogP contribution < -0.4 is 0 Å². The van der Waals surface area contributed by atoms with Crippen LogP contribution in [-0.2, 0) is 4.79 Å². The number of hydrogen-bond donors (Lipinski definition) is 0. The molecule has 2 rings (SSSR count). The number of allylic oxidation sites excluding steroid dienone is 5. The van der Waals surface area contributed by atoms with Gasteiger partial charge in [-0.25, -0.2) is 8.78 Å². The normalized spacial score (nSPS) is 21.8. The molecule has 0 aliphatic heterocycles. The molecule has 1 nitrogen and oxygen atoms in total. The zero-order valence-corrected chi connectivity index (χ0v) is 14.7. The van der Waals surface area contributed by atoms with Gasteiger partial charge in [0.15, 0.2) is 11.6 Å². The van der Waals surface area contributed by atoms with Crippen molar-refractivity contribution in [3.05, 3.63) is 64.3 Å². The van der Waals surface area contributed by atoms with Crippen LogP contribution in [0.25, 0.3) is 5.57 Å². The third-order valence-corrected chi connectivity index (χ3v) is 5.04. The summed E-state index contributed by atoms with van der Waals surface area (Å²) in [6.45, 7) is 11.7. The van der Waals surface area contributed by atoms with Gasteiger partial charge < -0.3 is 0 Å². The van der Waals surface area contributed by atoms with Crippen molar-refractivity contribution in [2.24, 2.45) is 11.8 Å². The zero-order valence-electron chi connectivity index (χ0n) is 14.7. The van der Waals surface area contributed by atoms with Gasteiger partial charge in [0.05, 0.1) is 0 Å². The number of hydrogen-bond acceptors (Lipinski definition) is 1. The molecule has 24 heavy (non-hydrogen) atoms. The summed E-state index contributed by atoms with van der Waals surface area (Å²) in [5, 5.41) is 0. The number of carbonyl (C=O) groups is 1. The fourth-order valence-corrected chi connectivity index (χ4v) is 3.13. The molecule has 0 saturated heterocycles. The van der Waals surface area contributed by atoms with Crippen molar-refractivity contribution in [1.82, 2.24) is 0 Å². The Morgan fingerprint density at radius 2 is 1.83 bits per heavy atom. The predicted octanol–water partition coefficient (Wildman–Crippen LogP) is 5.88. The SMILES string of the molecule is C=C(C=O)/C(C)=C(C)/C(=C(\C)CC1CC1C)c1ccc(F)c(F)c1. The van der Waals surface area contributed by atoms with E-state index in [1.54, 1.807) is 6.07 Å². The van der Waals surface area contributed by atoms with Gasteiger partial charge in [-0.15, -0.1) is 0 Å². The Labute approximate surface area is 142 Å². The molecule has 0 bridgehead atoms. The molecule has 3 heteroatoms. The van der Waals surface area contributed by atoms with E-state index in [0.717, 1.165) is 41.1 Å². The molecule has 1 aliphatic carbocycles. The molecule has 2 unspecified atom stereocenters. The molecule has 2 atom stereocenters. The Morgan fingerprint density at radius 3 is 2.33 bits per heavy atom. The van der Waals surface area contributed by atoms with E-state index in [4.69, 9.17) is 0 Å². The van der Waals surface area contributed by atoms with E-state index in [2.05, 4.69) is 13.5 Å². The third kappa shape index (κ3) is 3.89. The lowest BCUT2D eigenvalue weighted by Crippen LogP contribution is -1.99. The van der Waals surface area contributed by atoms with Crippen molar-refractivity contribution in [2.75, 3.05) is 0 Å². The van der Waals surface area contributed by atoms with Crippen molar-refractivity contribution >= 4 is 11.9 Å². The Bertz CT molecular complexity index is 740. The molecular formula is C21H24F2O. The van der Waals surface area contributed by atoms with Gasteiger partial charge in [-0.05, 0) is 79.9 Å². The van der Waals surface area contributed by atoms with Crippen molar-refractivity contribution < 1.29 is 13.6 Å². The minimum atomic E-state index is -0.864. The highest BCUT2D eigenvalue weighted by Gasteiger charge is 2.32. The van der Waals surface area contributed by atoms with Crippen LogP contribution >= 0.6 is 0 Å². The summed E-state index contributed by atoms with van der Waals surface area (Å²) in [6.07, 6.45) is 2.85. The molecule has 0 aromatic heterocycles. The lowest BCUT2D eigenvalue weighted by molar-refractivity contribution is -0.104. The number of benzene rings is 1. The number of halogens is 2. The average Bonchev–Trinajstić information content (AvgIpc) is 3.24. The Balaban J connectivity index is 2.56. The molecule has 0 heterocycles. The van der Waals surface area contributed by atoms with Crippen LogP contribution in [0, 0.1) is 23.5 Å². The zero-order chi connectivity index (χ0) is 18.0. The van der Waals surface area contributed by atoms with Gasteiger partial charge in [0, 0.05) is 5.57 Å². The minimum absolute atomic E-state index is 0.403. The fourth-order valence-electron chi connectivity index (χ4n) is 3.13. The van der Waals surface area contributed by atoms with Crippen LogP contribution in [0.2, 0.25) is 0 Å². The molecule has 1 fully saturated rings. The summed E-state index contributed by atoms with van der Waals surface area (Å²) in [4.78, 5) is 11.0. The minimum Gasteiger partial charge on any atom is -0.298 e. The Kier molecular flexibility index (Phi) is 5.53. The summed E-state index contributed by atoms with van der Waals surface area (Å²) >= 11 is 0. The second-order valence-corrected chi connectivity index (χ2v) is 6.85. The van der Waals surface area contributed by atoms with Crippen LogP contribution in [-0.4, -0.2) is 6.29 Å². The largest absolute Gasteiger partial charge is 0.298 e. The number of aldehydes is 1. The summed E-state index contributed by atoms with van der Waals surface area (Å²) < 4.78 is 27.1. The van der Waals surface area contributed by atoms with Gasteiger partial charge >= 0.3 is 0 Å². The smallest absolute Gasteiger partial charge is 0.159 e. The fraction of sp³-hybridized carbons (Fsp3) is 0.381. The van der Waals surface area contributed by atoms with Gasteiger partial charge in [-0.1, -0.05) is 25.1 Å². The standard InChI is InChI=1S/C21H24F2O/c1-12-8-18(12)9-13(2)21(16(5)15(4)14(3)11-24)17-6-7-19(22)20(23)10-17/h6-7,10-12,18H,3,8-9H2,1-2,4-5H3/b16-15+,21-13-. The first-order chi connectivity index (χ1) is 11.3. The first-order valence-electron chi connectivity index (χ1n) is 8.23. The average molecular weight is 330 g/mol. The van der Waals surface area contributed by atoms with Crippen LogP contribution in [0.15, 0.2) is 47.1 Å². The lowest BCUT2D eigenvalue weighted by Gasteiger charge is -2.17. The maximum Gasteiger partial charge on any atom is 0.159 e. The maximum atomic E-state index is 13.7. The van der Waals surface area contributed by atoms with Crippen LogP contribution in [0.3, 0.4) is 0 Å². The predicted molar refractivity (Wildman–Crippen MR) is 94.4 cm³/mol. The second kappa shape index (κ2) is 7.25. The molecule has 0 N–H and O–H groups in total. The molecule has 0 amide bonds. The molecule has 1 aromatic carbocycles. The molecule has 0 radical (unpaired) electrons. The van der Waals surface area contributed by atoms with Crippen molar-refractivity contribution in [2.45, 2.75) is 40.5 Å². The van der Waals surface area contributed by atoms with E-state index in [0.29, 0.717) is 23.0 Å². The first-order valence-corrected chi connectivity index (χ1v) is 8.23. The van der Waals surface area contributed by atoms with E-state index in [1.165, 1.54) is 12.5 Å². The van der Waals surface area contributed by atoms with E-state index < -0.39 is 11.6 Å². The maximum absolute atomic E-state index is 13.7. The summed E-state index contributed by atoms with van der Waals surface area (Å²) in [5.41, 5.74) is 4.70. The summed E-state index contributed by atoms with van der Waals surface area (Å²) in [7, 11) is 0. The van der Waals surface area contributed by atoms with E-state index in [9.17, 15) is 13.6 Å². The van der Waals surface area contributed by atoms with Crippen LogP contribution in [0.5, 0.6) is 0 Å². The topological polar surface area (TPSA) is 17.1 Å². The highest BCUT2D eigenvalue weighted by Crippen LogP contribution is 2.44. The summed E-state index contributed by atoms with van der Waals surface area (Å²) in [6, 6.07) is 3.97. The molecule has 128 valence electrons. The molecular weight excluding hydrogens is 306 g/mol. The van der Waals surface area contributed by atoms with Crippen LogP contribution in [0.4, 0.5) is 8.78 Å². The lowest BCUT2D eigenvalue weighted by atomic mass is 9.88. The van der Waals surface area contributed by atoms with Crippen molar-refractivity contribution in [1.29, 1.82) is 0 Å². The highest BCUT2D eigenvalue weighted by molar-refractivity contribution is 5.87. The second-order valence-electron chi connectivity index (χ2n) is 6.85. The summed E-state index contributed by atoms with van der Waals surface area (Å²) in [5.74, 6) is -0.367. The van der Waals surface area contributed by atoms with Crippen molar-refractivity contribution in [3.8, 4) is 0 Å². The van der Waals surface area contributed by atoms with Gasteiger partial charge in [-0.3, -0.25) is 4.79 Å². The van der Waals surface area contributed by atoms with E-state index in [-0.39, 0.29) is 0 Å². The molecule has 1 aliphatic rings. The molecule has 1 aromatic rings. The highest BCUT2D eigenvalue weighted by atomic mass is 19.2.